The minimum absolute atomic E-state index is 0.0503. The maximum atomic E-state index is 12.1. The molecule has 1 aromatic carbocycles. The molecule has 0 unspecified atom stereocenters. The van der Waals surface area contributed by atoms with E-state index < -0.39 is 11.8 Å². The van der Waals surface area contributed by atoms with Crippen molar-refractivity contribution in [3.8, 4) is 5.75 Å². The monoisotopic (exact) mass is 255 g/mol. The van der Waals surface area contributed by atoms with Crippen LogP contribution in [0, 0.1) is 0 Å². The Labute approximate surface area is 108 Å². The fraction of sp³-hybridized carbons (Fsp3) is 0. The highest BCUT2D eigenvalue weighted by Gasteiger charge is 2.36. The number of imide groups is 1. The molecule has 19 heavy (non-hydrogen) atoms. The van der Waals surface area contributed by atoms with Gasteiger partial charge in [0, 0.05) is 12.4 Å². The van der Waals surface area contributed by atoms with E-state index in [1.54, 1.807) is 24.5 Å². The Balaban J connectivity index is 1.95. The van der Waals surface area contributed by atoms with E-state index in [-0.39, 0.29) is 16.9 Å². The summed E-state index contributed by atoms with van der Waals surface area (Å²) in [5.41, 5.74) is 3.75. The van der Waals surface area contributed by atoms with Crippen molar-refractivity contribution in [1.82, 2.24) is 9.99 Å². The van der Waals surface area contributed by atoms with Gasteiger partial charge in [0.2, 0.25) is 0 Å². The highest BCUT2D eigenvalue weighted by molar-refractivity contribution is 6.22. The standard InChI is InChI=1S/C13H9N3O3/c17-9-1-2-10-11(7-9)13(19)16(12(10)18)15-8-3-5-14-6-4-8/h1-7,17H,(H,14,15). The number of pyridine rings is 1. The van der Waals surface area contributed by atoms with E-state index >= 15 is 0 Å². The molecule has 1 aromatic heterocycles. The van der Waals surface area contributed by atoms with E-state index in [1.165, 1.54) is 18.2 Å². The molecule has 94 valence electrons. The maximum absolute atomic E-state index is 12.1. The molecule has 6 heteroatoms. The summed E-state index contributed by atoms with van der Waals surface area (Å²) in [7, 11) is 0. The number of hydrazine groups is 1. The van der Waals surface area contributed by atoms with Crippen LogP contribution in [0.2, 0.25) is 0 Å². The van der Waals surface area contributed by atoms with Gasteiger partial charge in [-0.25, -0.2) is 0 Å². The Morgan fingerprint density at radius 1 is 1.00 bits per heavy atom. The van der Waals surface area contributed by atoms with Crippen molar-refractivity contribution in [2.75, 3.05) is 5.43 Å². The van der Waals surface area contributed by atoms with E-state index in [0.29, 0.717) is 5.69 Å². The summed E-state index contributed by atoms with van der Waals surface area (Å²) < 4.78 is 0. The number of amides is 2. The quantitative estimate of drug-likeness (QED) is 0.793. The SMILES string of the molecule is O=C1c2ccc(O)cc2C(=O)N1Nc1ccncc1. The molecule has 2 aromatic rings. The molecule has 0 saturated heterocycles. The lowest BCUT2D eigenvalue weighted by Crippen LogP contribution is -2.35. The van der Waals surface area contributed by atoms with Crippen LogP contribution in [0.4, 0.5) is 5.69 Å². The number of carbonyl (C=O) groups excluding carboxylic acids is 2. The minimum Gasteiger partial charge on any atom is -0.508 e. The number of nitrogens with one attached hydrogen (secondary N) is 1. The van der Waals surface area contributed by atoms with Crippen LogP contribution in [0.15, 0.2) is 42.7 Å². The van der Waals surface area contributed by atoms with Crippen LogP contribution < -0.4 is 5.43 Å². The summed E-state index contributed by atoms with van der Waals surface area (Å²) >= 11 is 0. The zero-order valence-corrected chi connectivity index (χ0v) is 9.70. The molecule has 0 bridgehead atoms. The van der Waals surface area contributed by atoms with Crippen LogP contribution in [-0.2, 0) is 0 Å². The molecule has 2 N–H and O–H groups in total. The van der Waals surface area contributed by atoms with Crippen molar-refractivity contribution < 1.29 is 14.7 Å². The first-order valence-corrected chi connectivity index (χ1v) is 5.55. The lowest BCUT2D eigenvalue weighted by Gasteiger charge is -2.15. The molecule has 0 fully saturated rings. The van der Waals surface area contributed by atoms with Crippen molar-refractivity contribution in [2.45, 2.75) is 0 Å². The number of benzene rings is 1. The van der Waals surface area contributed by atoms with Crippen LogP contribution >= 0.6 is 0 Å². The number of fused-ring (bicyclic) bond motifs is 1. The third kappa shape index (κ3) is 1.79. The minimum atomic E-state index is -0.493. The van der Waals surface area contributed by atoms with Crippen molar-refractivity contribution in [2.24, 2.45) is 0 Å². The van der Waals surface area contributed by atoms with Crippen LogP contribution in [0.1, 0.15) is 20.7 Å². The number of rotatable bonds is 2. The molecule has 0 radical (unpaired) electrons. The van der Waals surface area contributed by atoms with Crippen LogP contribution in [0.3, 0.4) is 0 Å². The summed E-state index contributed by atoms with van der Waals surface area (Å²) in [6.07, 6.45) is 3.10. The van der Waals surface area contributed by atoms with Gasteiger partial charge in [0.15, 0.2) is 0 Å². The van der Waals surface area contributed by atoms with Gasteiger partial charge < -0.3 is 5.11 Å². The fourth-order valence-electron chi connectivity index (χ4n) is 1.89. The molecule has 3 rings (SSSR count). The van der Waals surface area contributed by atoms with E-state index in [9.17, 15) is 14.7 Å². The van der Waals surface area contributed by atoms with Crippen molar-refractivity contribution in [3.63, 3.8) is 0 Å². The largest absolute Gasteiger partial charge is 0.508 e. The number of carbonyl (C=O) groups is 2. The van der Waals surface area contributed by atoms with Gasteiger partial charge in [0.05, 0.1) is 16.8 Å². The Bertz CT molecular complexity index is 670. The first kappa shape index (κ1) is 11.2. The zero-order valence-electron chi connectivity index (χ0n) is 9.70. The average Bonchev–Trinajstić information content (AvgIpc) is 2.65. The number of phenols is 1. The number of phenolic OH excluding ortho intramolecular Hbond substituents is 1. The normalized spacial score (nSPS) is 13.6. The zero-order chi connectivity index (χ0) is 13.4. The number of hydrogen-bond donors (Lipinski definition) is 2. The second-order valence-electron chi connectivity index (χ2n) is 4.02. The summed E-state index contributed by atoms with van der Waals surface area (Å²) in [6.45, 7) is 0. The highest BCUT2D eigenvalue weighted by Crippen LogP contribution is 2.26. The molecule has 0 aliphatic carbocycles. The molecule has 0 saturated carbocycles. The van der Waals surface area contributed by atoms with E-state index in [1.807, 2.05) is 0 Å². The third-order valence-electron chi connectivity index (χ3n) is 2.79. The molecule has 6 nitrogen and oxygen atoms in total. The van der Waals surface area contributed by atoms with Crippen LogP contribution in [0.25, 0.3) is 0 Å². The fourth-order valence-corrected chi connectivity index (χ4v) is 1.89. The maximum Gasteiger partial charge on any atom is 0.280 e. The molecule has 1 aliphatic heterocycles. The Morgan fingerprint density at radius 3 is 2.42 bits per heavy atom. The van der Waals surface area contributed by atoms with Crippen molar-refractivity contribution in [3.05, 3.63) is 53.9 Å². The number of aromatic nitrogens is 1. The Kier molecular flexibility index (Phi) is 2.42. The second kappa shape index (κ2) is 4.09. The van der Waals surface area contributed by atoms with Gasteiger partial charge in [0.1, 0.15) is 5.75 Å². The van der Waals surface area contributed by atoms with Crippen molar-refractivity contribution >= 4 is 17.5 Å². The highest BCUT2D eigenvalue weighted by atomic mass is 16.3. The third-order valence-corrected chi connectivity index (χ3v) is 2.79. The van der Waals surface area contributed by atoms with Gasteiger partial charge in [-0.15, -0.1) is 0 Å². The topological polar surface area (TPSA) is 82.5 Å². The molecule has 0 spiro atoms. The van der Waals surface area contributed by atoms with E-state index in [0.717, 1.165) is 5.01 Å². The van der Waals surface area contributed by atoms with Gasteiger partial charge in [-0.05, 0) is 30.3 Å². The van der Waals surface area contributed by atoms with Crippen LogP contribution in [0.5, 0.6) is 5.75 Å². The molecule has 1 aliphatic rings. The first-order valence-electron chi connectivity index (χ1n) is 5.55. The van der Waals surface area contributed by atoms with Crippen molar-refractivity contribution in [1.29, 1.82) is 0 Å². The molecule has 2 heterocycles. The van der Waals surface area contributed by atoms with E-state index in [2.05, 4.69) is 10.4 Å². The van der Waals surface area contributed by atoms with E-state index in [4.69, 9.17) is 0 Å². The smallest absolute Gasteiger partial charge is 0.280 e. The number of nitrogens with zero attached hydrogens (tertiary/aromatic N) is 2. The first-order chi connectivity index (χ1) is 9.16. The average molecular weight is 255 g/mol. The van der Waals surface area contributed by atoms with Crippen LogP contribution in [-0.4, -0.2) is 26.9 Å². The predicted octanol–water partition coefficient (Wildman–Crippen LogP) is 1.41. The molecular formula is C13H9N3O3. The van der Waals surface area contributed by atoms with Gasteiger partial charge >= 0.3 is 0 Å². The molecular weight excluding hydrogens is 246 g/mol. The molecule has 2 amide bonds. The summed E-state index contributed by atoms with van der Waals surface area (Å²) in [5.74, 6) is -0.991. The van der Waals surface area contributed by atoms with Gasteiger partial charge in [-0.1, -0.05) is 0 Å². The number of anilines is 1. The van der Waals surface area contributed by atoms with Gasteiger partial charge in [0.25, 0.3) is 11.8 Å². The van der Waals surface area contributed by atoms with Gasteiger partial charge in [-0.3, -0.25) is 20.0 Å². The number of hydrogen-bond acceptors (Lipinski definition) is 5. The molecule has 0 atom stereocenters. The van der Waals surface area contributed by atoms with Gasteiger partial charge in [-0.2, -0.15) is 5.01 Å². The second-order valence-corrected chi connectivity index (χ2v) is 4.02. The Hall–Kier alpha value is -2.89. The Morgan fingerprint density at radius 2 is 1.68 bits per heavy atom. The lowest BCUT2D eigenvalue weighted by molar-refractivity contribution is 0.0691. The lowest BCUT2D eigenvalue weighted by atomic mass is 10.1. The number of aromatic hydroxyl groups is 1. The summed E-state index contributed by atoms with van der Waals surface area (Å²) in [6, 6.07) is 7.37. The summed E-state index contributed by atoms with van der Waals surface area (Å²) in [5, 5.41) is 10.3. The predicted molar refractivity (Wildman–Crippen MR) is 66.5 cm³/mol. The summed E-state index contributed by atoms with van der Waals surface area (Å²) in [4.78, 5) is 28.0.